The molecule has 33 heavy (non-hydrogen) atoms. The lowest BCUT2D eigenvalue weighted by atomic mass is 10.0. The van der Waals surface area contributed by atoms with Crippen LogP contribution in [0.4, 0.5) is 0 Å². The van der Waals surface area contributed by atoms with Crippen molar-refractivity contribution in [2.45, 2.75) is 96.2 Å². The Labute approximate surface area is 212 Å². The lowest BCUT2D eigenvalue weighted by Gasteiger charge is -2.23. The molecule has 2 unspecified atom stereocenters. The highest BCUT2D eigenvalue weighted by Gasteiger charge is 2.13. The topological polar surface area (TPSA) is 36.9 Å². The second kappa shape index (κ2) is 24.8. The fourth-order valence-electron chi connectivity index (χ4n) is 3.44. The molecule has 0 aliphatic rings. The fourth-order valence-corrected chi connectivity index (χ4v) is 3.44. The van der Waals surface area contributed by atoms with Crippen LogP contribution >= 0.6 is 0 Å². The number of terminal acetylenes is 1. The molecule has 0 aromatic heterocycles. The first-order chi connectivity index (χ1) is 15.4. The molecule has 0 rings (SSSR count). The van der Waals surface area contributed by atoms with Crippen LogP contribution in [0, 0.1) is 12.3 Å². The smallest absolute Gasteiger partial charge is 0.104 e. The van der Waals surface area contributed by atoms with Crippen molar-refractivity contribution in [3.8, 4) is 12.3 Å². The lowest BCUT2D eigenvalue weighted by molar-refractivity contribution is -0.870. The maximum atomic E-state index is 6.12. The van der Waals surface area contributed by atoms with E-state index < -0.39 is 0 Å². The van der Waals surface area contributed by atoms with E-state index in [1.54, 1.807) is 7.11 Å². The average Bonchev–Trinajstić information content (AvgIpc) is 2.76. The number of rotatable bonds is 24. The molecule has 5 nitrogen and oxygen atoms in total. The first kappa shape index (κ1) is 34.8. The maximum absolute atomic E-state index is 6.12. The number of likely N-dealkylation sites (N-methyl/N-ethyl adjacent to an activating group) is 1. The SMILES string of the molecule is C#CCCCCCCCCCCCC(CC)OCC(COCCOCC[N+](C)(C)C)OC.[Cl-]. The quantitative estimate of drug-likeness (QED) is 0.118. The van der Waals surface area contributed by atoms with E-state index in [0.717, 1.165) is 36.9 Å². The van der Waals surface area contributed by atoms with E-state index in [1.807, 2.05) is 0 Å². The first-order valence-corrected chi connectivity index (χ1v) is 13.0. The molecule has 0 bridgehead atoms. The Bertz CT molecular complexity index is 437. The summed E-state index contributed by atoms with van der Waals surface area (Å²) in [4.78, 5) is 0. The monoisotopic (exact) mass is 491 g/mol. The van der Waals surface area contributed by atoms with Crippen LogP contribution in [0.15, 0.2) is 0 Å². The molecule has 0 aromatic carbocycles. The number of hydrogen-bond acceptors (Lipinski definition) is 4. The molecule has 6 heteroatoms. The van der Waals surface area contributed by atoms with Crippen LogP contribution in [-0.4, -0.2) is 84.5 Å². The highest BCUT2D eigenvalue weighted by molar-refractivity contribution is 4.82. The third-order valence-electron chi connectivity index (χ3n) is 5.74. The number of methoxy groups -OCH3 is 1. The lowest BCUT2D eigenvalue weighted by Crippen LogP contribution is -3.00. The van der Waals surface area contributed by atoms with Gasteiger partial charge in [0.2, 0.25) is 0 Å². The van der Waals surface area contributed by atoms with E-state index in [9.17, 15) is 0 Å². The van der Waals surface area contributed by atoms with Gasteiger partial charge in [-0.25, -0.2) is 0 Å². The second-order valence-electron chi connectivity index (χ2n) is 9.85. The van der Waals surface area contributed by atoms with Gasteiger partial charge in [-0.2, -0.15) is 0 Å². The third kappa shape index (κ3) is 26.1. The number of nitrogens with zero attached hydrogens (tertiary/aromatic N) is 1. The van der Waals surface area contributed by atoms with Crippen LogP contribution in [0.3, 0.4) is 0 Å². The van der Waals surface area contributed by atoms with E-state index in [1.165, 1.54) is 57.8 Å². The minimum Gasteiger partial charge on any atom is -1.00 e. The summed E-state index contributed by atoms with van der Waals surface area (Å²) < 4.78 is 23.9. The maximum Gasteiger partial charge on any atom is 0.104 e. The van der Waals surface area contributed by atoms with Crippen molar-refractivity contribution < 1.29 is 35.8 Å². The molecule has 0 fully saturated rings. The Hall–Kier alpha value is -0.350. The molecule has 0 spiro atoms. The predicted octanol–water partition coefficient (Wildman–Crippen LogP) is 2.46. The zero-order chi connectivity index (χ0) is 23.9. The van der Waals surface area contributed by atoms with E-state index in [4.69, 9.17) is 25.4 Å². The molecule has 198 valence electrons. The van der Waals surface area contributed by atoms with Crippen molar-refractivity contribution in [2.75, 3.05) is 67.8 Å². The molecule has 0 heterocycles. The summed E-state index contributed by atoms with van der Waals surface area (Å²) in [6, 6.07) is 0. The molecule has 0 saturated carbocycles. The van der Waals surface area contributed by atoms with E-state index in [0.29, 0.717) is 32.5 Å². The molecular formula is C27H54ClNO4. The summed E-state index contributed by atoms with van der Waals surface area (Å²) in [7, 11) is 8.23. The third-order valence-corrected chi connectivity index (χ3v) is 5.74. The Kier molecular flexibility index (Phi) is 26.1. The number of halogens is 1. The molecular weight excluding hydrogens is 438 g/mol. The molecule has 0 amide bonds. The van der Waals surface area contributed by atoms with Crippen LogP contribution < -0.4 is 12.4 Å². The van der Waals surface area contributed by atoms with Crippen LogP contribution in [0.5, 0.6) is 0 Å². The Balaban J connectivity index is 0. The molecule has 0 aliphatic carbocycles. The van der Waals surface area contributed by atoms with Gasteiger partial charge in [-0.15, -0.1) is 12.3 Å². The largest absolute Gasteiger partial charge is 1.00 e. The van der Waals surface area contributed by atoms with Gasteiger partial charge in [-0.1, -0.05) is 58.3 Å². The summed E-state index contributed by atoms with van der Waals surface area (Å²) >= 11 is 0. The van der Waals surface area contributed by atoms with Crippen molar-refractivity contribution in [1.82, 2.24) is 0 Å². The second-order valence-corrected chi connectivity index (χ2v) is 9.85. The summed E-state index contributed by atoms with van der Waals surface area (Å²) in [6.45, 7) is 6.33. The van der Waals surface area contributed by atoms with Gasteiger partial charge in [0.25, 0.3) is 0 Å². The van der Waals surface area contributed by atoms with Crippen LogP contribution in [0.25, 0.3) is 0 Å². The molecule has 0 saturated heterocycles. The summed E-state index contributed by atoms with van der Waals surface area (Å²) in [6.07, 6.45) is 20.5. The van der Waals surface area contributed by atoms with Crippen molar-refractivity contribution in [2.24, 2.45) is 0 Å². The normalized spacial score (nSPS) is 13.3. The Morgan fingerprint density at radius 1 is 0.758 bits per heavy atom. The van der Waals surface area contributed by atoms with Gasteiger partial charge in [0, 0.05) is 13.5 Å². The molecule has 0 radical (unpaired) electrons. The first-order valence-electron chi connectivity index (χ1n) is 13.0. The van der Waals surface area contributed by atoms with Gasteiger partial charge in [0.1, 0.15) is 12.6 Å². The standard InChI is InChI=1S/C27H54NO4.ClH/c1-7-9-10-11-12-13-14-15-16-17-18-19-26(8-2)32-25-27(29-6)24-31-23-22-30-21-20-28(3,4)5;/h1,26-27H,8-25H2,2-6H3;1H/q+1;/p-1. The van der Waals surface area contributed by atoms with Gasteiger partial charge in [0.05, 0.1) is 60.3 Å². The number of ether oxygens (including phenoxy) is 4. The van der Waals surface area contributed by atoms with Crippen LogP contribution in [-0.2, 0) is 18.9 Å². The Morgan fingerprint density at radius 2 is 1.33 bits per heavy atom. The predicted molar refractivity (Wildman–Crippen MR) is 135 cm³/mol. The minimum atomic E-state index is -0.0177. The van der Waals surface area contributed by atoms with Crippen LogP contribution in [0.2, 0.25) is 0 Å². The van der Waals surface area contributed by atoms with Crippen molar-refractivity contribution >= 4 is 0 Å². The molecule has 0 aromatic rings. The van der Waals surface area contributed by atoms with Gasteiger partial charge < -0.3 is 35.8 Å². The fraction of sp³-hybridized carbons (Fsp3) is 0.926. The number of quaternary nitrogens is 1. The molecule has 2 atom stereocenters. The van der Waals surface area contributed by atoms with Gasteiger partial charge in [-0.3, -0.25) is 0 Å². The van der Waals surface area contributed by atoms with Gasteiger partial charge in [0.15, 0.2) is 0 Å². The zero-order valence-corrected chi connectivity index (χ0v) is 23.2. The highest BCUT2D eigenvalue weighted by atomic mass is 35.5. The van der Waals surface area contributed by atoms with E-state index in [2.05, 4.69) is 34.0 Å². The van der Waals surface area contributed by atoms with Crippen molar-refractivity contribution in [3.05, 3.63) is 0 Å². The highest BCUT2D eigenvalue weighted by Crippen LogP contribution is 2.14. The zero-order valence-electron chi connectivity index (χ0n) is 22.4. The number of unbranched alkanes of at least 4 members (excludes halogenated alkanes) is 9. The van der Waals surface area contributed by atoms with Gasteiger partial charge in [-0.05, 0) is 19.3 Å². The summed E-state index contributed by atoms with van der Waals surface area (Å²) in [5.41, 5.74) is 0. The average molecular weight is 492 g/mol. The molecule has 0 aliphatic heterocycles. The van der Waals surface area contributed by atoms with Crippen molar-refractivity contribution in [3.63, 3.8) is 0 Å². The molecule has 0 N–H and O–H groups in total. The van der Waals surface area contributed by atoms with Crippen molar-refractivity contribution in [1.29, 1.82) is 0 Å². The van der Waals surface area contributed by atoms with E-state index >= 15 is 0 Å². The number of hydrogen-bond donors (Lipinski definition) is 0. The Morgan fingerprint density at radius 3 is 1.88 bits per heavy atom. The van der Waals surface area contributed by atoms with Crippen LogP contribution in [0.1, 0.15) is 84.0 Å². The summed E-state index contributed by atoms with van der Waals surface area (Å²) in [5.74, 6) is 2.72. The minimum absolute atomic E-state index is 0. The van der Waals surface area contributed by atoms with E-state index in [-0.39, 0.29) is 18.5 Å². The summed E-state index contributed by atoms with van der Waals surface area (Å²) in [5, 5.41) is 0. The van der Waals surface area contributed by atoms with Gasteiger partial charge >= 0.3 is 0 Å².